The van der Waals surface area contributed by atoms with Crippen LogP contribution >= 0.6 is 0 Å². The Kier molecular flexibility index (Phi) is 5.75. The first-order valence-corrected chi connectivity index (χ1v) is 7.44. The van der Waals surface area contributed by atoms with E-state index in [0.717, 1.165) is 25.1 Å². The second-order valence-corrected chi connectivity index (χ2v) is 5.43. The van der Waals surface area contributed by atoms with E-state index in [1.165, 1.54) is 0 Å². The van der Waals surface area contributed by atoms with Gasteiger partial charge in [-0.15, -0.1) is 0 Å². The monoisotopic (exact) mass is 289 g/mol. The number of carbonyl (C=O) groups is 2. The van der Waals surface area contributed by atoms with E-state index in [1.54, 1.807) is 11.8 Å². The molecule has 0 aliphatic carbocycles. The number of carbonyl (C=O) groups excluding carboxylic acids is 2. The van der Waals surface area contributed by atoms with Gasteiger partial charge in [0.15, 0.2) is 0 Å². The van der Waals surface area contributed by atoms with Crippen LogP contribution in [0.25, 0.3) is 0 Å². The van der Waals surface area contributed by atoms with Crippen LogP contribution in [0.5, 0.6) is 0 Å². The molecule has 1 saturated heterocycles. The molecule has 1 aromatic carbocycles. The Morgan fingerprint density at radius 2 is 2.10 bits per heavy atom. The van der Waals surface area contributed by atoms with Crippen molar-refractivity contribution in [3.05, 3.63) is 35.9 Å². The maximum Gasteiger partial charge on any atom is 0.222 e. The summed E-state index contributed by atoms with van der Waals surface area (Å²) in [4.78, 5) is 25.3. The second kappa shape index (κ2) is 7.78. The van der Waals surface area contributed by atoms with Crippen LogP contribution in [0.1, 0.15) is 25.3 Å². The first kappa shape index (κ1) is 15.5. The standard InChI is InChI=1S/C16H23N3O2/c1-13(20)19(12-14-5-3-2-4-6-14)10-8-16(21)18-15-7-9-17-11-15/h2-6,15,17H,7-12H2,1H3,(H,18,21). The molecule has 5 nitrogen and oxygen atoms in total. The molecule has 1 heterocycles. The zero-order valence-corrected chi connectivity index (χ0v) is 12.5. The zero-order valence-electron chi connectivity index (χ0n) is 12.5. The van der Waals surface area contributed by atoms with Crippen molar-refractivity contribution in [1.82, 2.24) is 15.5 Å². The van der Waals surface area contributed by atoms with Crippen LogP contribution < -0.4 is 10.6 Å². The molecule has 1 aromatic rings. The van der Waals surface area contributed by atoms with Crippen molar-refractivity contribution in [1.29, 1.82) is 0 Å². The normalized spacial score (nSPS) is 17.5. The average molecular weight is 289 g/mol. The number of nitrogens with zero attached hydrogens (tertiary/aromatic N) is 1. The second-order valence-electron chi connectivity index (χ2n) is 5.43. The fourth-order valence-corrected chi connectivity index (χ4v) is 2.47. The van der Waals surface area contributed by atoms with Gasteiger partial charge in [-0.2, -0.15) is 0 Å². The van der Waals surface area contributed by atoms with Crippen LogP contribution in [-0.2, 0) is 16.1 Å². The topological polar surface area (TPSA) is 61.4 Å². The van der Waals surface area contributed by atoms with Crippen LogP contribution in [0.4, 0.5) is 0 Å². The Morgan fingerprint density at radius 3 is 2.71 bits per heavy atom. The minimum atomic E-state index is -0.00538. The van der Waals surface area contributed by atoms with Gasteiger partial charge in [0.2, 0.25) is 11.8 Å². The van der Waals surface area contributed by atoms with Crippen LogP contribution in [0.3, 0.4) is 0 Å². The molecule has 1 atom stereocenters. The summed E-state index contributed by atoms with van der Waals surface area (Å²) >= 11 is 0. The average Bonchev–Trinajstić information content (AvgIpc) is 2.97. The van der Waals surface area contributed by atoms with E-state index in [-0.39, 0.29) is 17.9 Å². The molecule has 0 saturated carbocycles. The van der Waals surface area contributed by atoms with Crippen molar-refractivity contribution in [2.24, 2.45) is 0 Å². The Morgan fingerprint density at radius 1 is 1.33 bits per heavy atom. The molecule has 0 aromatic heterocycles. The first-order valence-electron chi connectivity index (χ1n) is 7.44. The van der Waals surface area contributed by atoms with E-state index in [2.05, 4.69) is 10.6 Å². The van der Waals surface area contributed by atoms with Gasteiger partial charge in [0.25, 0.3) is 0 Å². The maximum atomic E-state index is 11.9. The lowest BCUT2D eigenvalue weighted by Gasteiger charge is -2.21. The summed E-state index contributed by atoms with van der Waals surface area (Å²) in [6.07, 6.45) is 1.33. The molecule has 21 heavy (non-hydrogen) atoms. The van der Waals surface area contributed by atoms with E-state index in [0.29, 0.717) is 19.5 Å². The number of benzene rings is 1. The Balaban J connectivity index is 1.79. The summed E-state index contributed by atoms with van der Waals surface area (Å²) in [5.74, 6) is 0.0113. The van der Waals surface area contributed by atoms with Gasteiger partial charge in [0.1, 0.15) is 0 Å². The van der Waals surface area contributed by atoms with E-state index in [1.807, 2.05) is 30.3 Å². The van der Waals surface area contributed by atoms with Crippen molar-refractivity contribution in [2.75, 3.05) is 19.6 Å². The number of hydrogen-bond acceptors (Lipinski definition) is 3. The van der Waals surface area contributed by atoms with Crippen LogP contribution in [0.15, 0.2) is 30.3 Å². The molecule has 1 fully saturated rings. The van der Waals surface area contributed by atoms with Gasteiger partial charge >= 0.3 is 0 Å². The van der Waals surface area contributed by atoms with Crippen LogP contribution in [0.2, 0.25) is 0 Å². The number of amides is 2. The van der Waals surface area contributed by atoms with Crippen molar-refractivity contribution in [3.8, 4) is 0 Å². The third kappa shape index (κ3) is 5.19. The van der Waals surface area contributed by atoms with Crippen LogP contribution in [0, 0.1) is 0 Å². The summed E-state index contributed by atoms with van der Waals surface area (Å²) in [6, 6.07) is 10.1. The van der Waals surface area contributed by atoms with Crippen molar-refractivity contribution >= 4 is 11.8 Å². The summed E-state index contributed by atoms with van der Waals surface area (Å²) in [5.41, 5.74) is 1.08. The fourth-order valence-electron chi connectivity index (χ4n) is 2.47. The summed E-state index contributed by atoms with van der Waals surface area (Å²) in [5, 5.41) is 6.21. The number of rotatable bonds is 6. The third-order valence-electron chi connectivity index (χ3n) is 3.70. The van der Waals surface area contributed by atoms with E-state index < -0.39 is 0 Å². The Labute approximate surface area is 125 Å². The molecule has 2 rings (SSSR count). The van der Waals surface area contributed by atoms with Crippen molar-refractivity contribution < 1.29 is 9.59 Å². The lowest BCUT2D eigenvalue weighted by Crippen LogP contribution is -2.39. The molecule has 2 N–H and O–H groups in total. The zero-order chi connectivity index (χ0) is 15.1. The van der Waals surface area contributed by atoms with Gasteiger partial charge < -0.3 is 15.5 Å². The minimum absolute atomic E-state index is 0.00538. The van der Waals surface area contributed by atoms with Gasteiger partial charge in [-0.25, -0.2) is 0 Å². The number of hydrogen-bond donors (Lipinski definition) is 2. The molecule has 0 bridgehead atoms. The van der Waals surface area contributed by atoms with Crippen LogP contribution in [-0.4, -0.2) is 42.4 Å². The minimum Gasteiger partial charge on any atom is -0.352 e. The molecule has 5 heteroatoms. The number of nitrogens with one attached hydrogen (secondary N) is 2. The van der Waals surface area contributed by atoms with Crippen molar-refractivity contribution in [2.45, 2.75) is 32.4 Å². The molecule has 1 aliphatic heterocycles. The first-order chi connectivity index (χ1) is 10.1. The molecule has 1 unspecified atom stereocenters. The van der Waals surface area contributed by atoms with E-state index in [9.17, 15) is 9.59 Å². The Bertz CT molecular complexity index is 470. The summed E-state index contributed by atoms with van der Waals surface area (Å²) in [7, 11) is 0. The third-order valence-corrected chi connectivity index (χ3v) is 3.70. The highest BCUT2D eigenvalue weighted by molar-refractivity contribution is 5.78. The molecule has 114 valence electrons. The van der Waals surface area contributed by atoms with Gasteiger partial charge in [-0.05, 0) is 18.5 Å². The van der Waals surface area contributed by atoms with E-state index >= 15 is 0 Å². The van der Waals surface area contributed by atoms with Gasteiger partial charge in [-0.3, -0.25) is 9.59 Å². The lowest BCUT2D eigenvalue weighted by atomic mass is 10.2. The van der Waals surface area contributed by atoms with Gasteiger partial charge in [0.05, 0.1) is 0 Å². The Hall–Kier alpha value is -1.88. The smallest absolute Gasteiger partial charge is 0.222 e. The fraction of sp³-hybridized carbons (Fsp3) is 0.500. The largest absolute Gasteiger partial charge is 0.352 e. The highest BCUT2D eigenvalue weighted by Gasteiger charge is 2.17. The highest BCUT2D eigenvalue weighted by atomic mass is 16.2. The SMILES string of the molecule is CC(=O)N(CCC(=O)NC1CCNC1)Cc1ccccc1. The van der Waals surface area contributed by atoms with E-state index in [4.69, 9.17) is 0 Å². The highest BCUT2D eigenvalue weighted by Crippen LogP contribution is 2.06. The molecule has 0 radical (unpaired) electrons. The molecule has 0 spiro atoms. The lowest BCUT2D eigenvalue weighted by molar-refractivity contribution is -0.130. The molecule has 1 aliphatic rings. The quantitative estimate of drug-likeness (QED) is 0.818. The molecular formula is C16H23N3O2. The summed E-state index contributed by atoms with van der Waals surface area (Å²) in [6.45, 7) is 4.34. The predicted molar refractivity (Wildman–Crippen MR) is 81.6 cm³/mol. The van der Waals surface area contributed by atoms with Gasteiger partial charge in [-0.1, -0.05) is 30.3 Å². The van der Waals surface area contributed by atoms with Crippen molar-refractivity contribution in [3.63, 3.8) is 0 Å². The summed E-state index contributed by atoms with van der Waals surface area (Å²) < 4.78 is 0. The molecule has 2 amide bonds. The maximum absolute atomic E-state index is 11.9. The van der Waals surface area contributed by atoms with Gasteiger partial charge in [0, 0.05) is 39.0 Å². The predicted octanol–water partition coefficient (Wildman–Crippen LogP) is 0.903. The molecular weight excluding hydrogens is 266 g/mol.